The molecule has 206 valence electrons. The van der Waals surface area contributed by atoms with Crippen LogP contribution in [0, 0.1) is 10.8 Å². The zero-order chi connectivity index (χ0) is 26.9. The Labute approximate surface area is 219 Å². The Balaban J connectivity index is 2.85. The van der Waals surface area contributed by atoms with E-state index in [1.54, 1.807) is 20.8 Å². The van der Waals surface area contributed by atoms with Gasteiger partial charge < -0.3 is 0 Å². The molecule has 1 N–H and O–H groups in total. The molecule has 10 nitrogen and oxygen atoms in total. The predicted octanol–water partition coefficient (Wildman–Crippen LogP) is 5.85. The number of nitrogens with zero attached hydrogens (tertiary/aromatic N) is 1. The van der Waals surface area contributed by atoms with E-state index in [1.807, 2.05) is 20.8 Å². The molecule has 0 radical (unpaired) electrons. The van der Waals surface area contributed by atoms with Gasteiger partial charge in [-0.15, -0.1) is 11.7 Å². The van der Waals surface area contributed by atoms with Gasteiger partial charge in [0.1, 0.15) is 0 Å². The van der Waals surface area contributed by atoms with Crippen LogP contribution in [0.5, 0.6) is 0 Å². The maximum absolute atomic E-state index is 13.2. The van der Waals surface area contributed by atoms with Gasteiger partial charge in [-0.25, -0.2) is 9.13 Å². The van der Waals surface area contributed by atoms with Crippen molar-refractivity contribution in [1.29, 1.82) is 0 Å². The van der Waals surface area contributed by atoms with Gasteiger partial charge in [0.2, 0.25) is 11.8 Å². The summed E-state index contributed by atoms with van der Waals surface area (Å²) in [6.07, 6.45) is 3.36. The lowest BCUT2D eigenvalue weighted by Crippen LogP contribution is -2.45. The third-order valence-electron chi connectivity index (χ3n) is 5.58. The Kier molecular flexibility index (Phi) is 13.4. The highest BCUT2D eigenvalue weighted by atomic mass is 33.1. The fourth-order valence-corrected chi connectivity index (χ4v) is 7.32. The second-order valence-electron chi connectivity index (χ2n) is 9.81. The standard InChI is InChI=1S/C21H42N2O8P2S2/c1-8-10-12-28-32(26,29-13-11-9-2)22-19(25)20(4,5)14-21(6)15-30-33(27,31-16-21)23(7)18(24)17(3)35-34/h17,34H,8-16H2,1-7H3,(H,22,25,26). The molecular formula is C21H42N2O8P2S2. The lowest BCUT2D eigenvalue weighted by Gasteiger charge is -2.42. The molecule has 0 aliphatic carbocycles. The van der Waals surface area contributed by atoms with Crippen molar-refractivity contribution in [3.05, 3.63) is 0 Å². The van der Waals surface area contributed by atoms with Crippen molar-refractivity contribution in [2.75, 3.05) is 33.5 Å². The molecule has 1 unspecified atom stereocenters. The van der Waals surface area contributed by atoms with Crippen LogP contribution in [0.1, 0.15) is 73.6 Å². The van der Waals surface area contributed by atoms with Crippen molar-refractivity contribution in [3.63, 3.8) is 0 Å². The Bertz CT molecular complexity index is 788. The van der Waals surface area contributed by atoms with E-state index in [1.165, 1.54) is 7.05 Å². The van der Waals surface area contributed by atoms with Crippen LogP contribution in [0.25, 0.3) is 0 Å². The van der Waals surface area contributed by atoms with E-state index >= 15 is 0 Å². The molecule has 1 atom stereocenters. The van der Waals surface area contributed by atoms with Gasteiger partial charge in [0, 0.05) is 17.9 Å². The maximum atomic E-state index is 13.2. The summed E-state index contributed by atoms with van der Waals surface area (Å²) in [4.78, 5) is 25.6. The Morgan fingerprint density at radius 3 is 2.11 bits per heavy atom. The number of unbranched alkanes of at least 4 members (excludes halogenated alkanes) is 2. The summed E-state index contributed by atoms with van der Waals surface area (Å²) in [5.41, 5.74) is -1.68. The maximum Gasteiger partial charge on any atom is 0.437 e. The van der Waals surface area contributed by atoms with E-state index in [-0.39, 0.29) is 32.8 Å². The van der Waals surface area contributed by atoms with Crippen LogP contribution < -0.4 is 5.09 Å². The SMILES string of the molecule is CCCCOP(=O)(NC(=O)C(C)(C)CC1(C)COP(=O)(N(C)C(=O)C(C)SS)OC1)OCCCC. The van der Waals surface area contributed by atoms with Crippen LogP contribution in [0.4, 0.5) is 0 Å². The highest BCUT2D eigenvalue weighted by Gasteiger charge is 2.48. The summed E-state index contributed by atoms with van der Waals surface area (Å²) in [5, 5.41) is 1.98. The monoisotopic (exact) mass is 576 g/mol. The van der Waals surface area contributed by atoms with Crippen LogP contribution in [0.15, 0.2) is 0 Å². The normalized spacial score (nSPS) is 24.1. The molecule has 0 spiro atoms. The molecule has 2 amide bonds. The van der Waals surface area contributed by atoms with E-state index in [4.69, 9.17) is 18.1 Å². The minimum absolute atomic E-state index is 0.0126. The van der Waals surface area contributed by atoms with Gasteiger partial charge in [-0.2, -0.15) is 0 Å². The summed E-state index contributed by atoms with van der Waals surface area (Å²) in [6.45, 7) is 11.3. The predicted molar refractivity (Wildman–Crippen MR) is 142 cm³/mol. The number of amides is 2. The van der Waals surface area contributed by atoms with E-state index in [2.05, 4.69) is 16.7 Å². The zero-order valence-electron chi connectivity index (χ0n) is 21.9. The van der Waals surface area contributed by atoms with E-state index in [9.17, 15) is 18.7 Å². The molecule has 1 aliphatic heterocycles. The number of nitrogens with one attached hydrogen (secondary N) is 1. The second kappa shape index (κ2) is 14.2. The first-order chi connectivity index (χ1) is 16.2. The van der Waals surface area contributed by atoms with E-state index < -0.39 is 43.4 Å². The van der Waals surface area contributed by atoms with E-state index in [0.29, 0.717) is 12.8 Å². The number of rotatable bonds is 15. The van der Waals surface area contributed by atoms with Gasteiger partial charge >= 0.3 is 15.5 Å². The first-order valence-electron chi connectivity index (χ1n) is 11.9. The van der Waals surface area contributed by atoms with Gasteiger partial charge in [-0.3, -0.25) is 37.4 Å². The molecule has 14 heteroatoms. The average Bonchev–Trinajstić information content (AvgIpc) is 2.79. The summed E-state index contributed by atoms with van der Waals surface area (Å²) < 4.78 is 49.4. The Morgan fingerprint density at radius 2 is 1.69 bits per heavy atom. The molecular weight excluding hydrogens is 534 g/mol. The number of thiol groups is 1. The van der Waals surface area contributed by atoms with Crippen molar-refractivity contribution in [3.8, 4) is 0 Å². The number of carbonyl (C=O) groups excluding carboxylic acids is 2. The quantitative estimate of drug-likeness (QED) is 0.107. The topological polar surface area (TPSA) is 120 Å². The lowest BCUT2D eigenvalue weighted by molar-refractivity contribution is -0.131. The van der Waals surface area contributed by atoms with Crippen LogP contribution >= 0.6 is 37.9 Å². The highest BCUT2D eigenvalue weighted by Crippen LogP contribution is 2.58. The molecule has 35 heavy (non-hydrogen) atoms. The molecule has 1 aliphatic rings. The molecule has 0 aromatic rings. The van der Waals surface area contributed by atoms with Crippen molar-refractivity contribution in [1.82, 2.24) is 9.76 Å². The highest BCUT2D eigenvalue weighted by molar-refractivity contribution is 8.69. The molecule has 0 aromatic carbocycles. The molecule has 0 aromatic heterocycles. The largest absolute Gasteiger partial charge is 0.437 e. The molecule has 1 fully saturated rings. The fourth-order valence-electron chi connectivity index (χ4n) is 3.44. The van der Waals surface area contributed by atoms with Gasteiger partial charge in [0.25, 0.3) is 0 Å². The summed E-state index contributed by atoms with van der Waals surface area (Å²) in [7, 11) is -5.23. The van der Waals surface area contributed by atoms with Crippen molar-refractivity contribution in [2.24, 2.45) is 10.8 Å². The number of carbonyl (C=O) groups is 2. The molecule has 0 bridgehead atoms. The smallest absolute Gasteiger partial charge is 0.292 e. The van der Waals surface area contributed by atoms with Crippen LogP contribution in [0.3, 0.4) is 0 Å². The molecule has 1 rings (SSSR count). The average molecular weight is 577 g/mol. The van der Waals surface area contributed by atoms with Crippen molar-refractivity contribution in [2.45, 2.75) is 78.9 Å². The third-order valence-corrected chi connectivity index (χ3v) is 10.4. The minimum atomic E-state index is -3.82. The lowest BCUT2D eigenvalue weighted by atomic mass is 9.74. The summed E-state index contributed by atoms with van der Waals surface area (Å²) >= 11 is 4.03. The second-order valence-corrected chi connectivity index (χ2v) is 15.1. The van der Waals surface area contributed by atoms with Gasteiger partial charge in [-0.1, -0.05) is 58.3 Å². The first kappa shape index (κ1) is 33.0. The molecule has 1 heterocycles. The summed E-state index contributed by atoms with van der Waals surface area (Å²) in [5.74, 6) is -0.908. The van der Waals surface area contributed by atoms with Crippen LogP contribution in [-0.4, -0.2) is 55.2 Å². The van der Waals surface area contributed by atoms with E-state index in [0.717, 1.165) is 28.3 Å². The van der Waals surface area contributed by atoms with Gasteiger partial charge in [0.15, 0.2) is 0 Å². The van der Waals surface area contributed by atoms with Gasteiger partial charge in [-0.05, 0) is 26.2 Å². The first-order valence-corrected chi connectivity index (χ1v) is 16.8. The third kappa shape index (κ3) is 9.97. The number of hydrogen-bond acceptors (Lipinski definition) is 10. The van der Waals surface area contributed by atoms with Crippen molar-refractivity contribution < 1.29 is 36.8 Å². The van der Waals surface area contributed by atoms with Crippen LogP contribution in [-0.2, 0) is 36.8 Å². The summed E-state index contributed by atoms with van der Waals surface area (Å²) in [6, 6.07) is 0. The van der Waals surface area contributed by atoms with Gasteiger partial charge in [0.05, 0.1) is 31.7 Å². The Morgan fingerprint density at radius 1 is 1.20 bits per heavy atom. The molecule has 0 saturated carbocycles. The van der Waals surface area contributed by atoms with Crippen LogP contribution in [0.2, 0.25) is 0 Å². The molecule has 1 saturated heterocycles. The minimum Gasteiger partial charge on any atom is -0.292 e. The zero-order valence-corrected chi connectivity index (χ0v) is 25.4. The fraction of sp³-hybridized carbons (Fsp3) is 0.905. The number of hydrogen-bond donors (Lipinski definition) is 2. The van der Waals surface area contributed by atoms with Crippen molar-refractivity contribution >= 4 is 49.8 Å². The Hall–Kier alpha value is -0.0600.